The van der Waals surface area contributed by atoms with E-state index in [1.807, 2.05) is 13.8 Å². The fraction of sp³-hybridized carbons (Fsp3) is 0.923. The Morgan fingerprint density at radius 2 is 1.88 bits per heavy atom. The average Bonchev–Trinajstić information content (AvgIpc) is 2.96. The van der Waals surface area contributed by atoms with Gasteiger partial charge in [0, 0.05) is 25.2 Å². The second-order valence-electron chi connectivity index (χ2n) is 5.86. The number of amides is 1. The summed E-state index contributed by atoms with van der Waals surface area (Å²) in [5.41, 5.74) is 5.46. The minimum atomic E-state index is -0.242. The van der Waals surface area contributed by atoms with E-state index in [2.05, 4.69) is 24.1 Å². The smallest absolute Gasteiger partial charge is 0.235 e. The monoisotopic (exact) mass is 241 g/mol. The Hall–Kier alpha value is -0.610. The van der Waals surface area contributed by atoms with Crippen LogP contribution in [0.3, 0.4) is 0 Å². The number of rotatable bonds is 8. The molecule has 4 nitrogen and oxygen atoms in total. The lowest BCUT2D eigenvalue weighted by atomic mass is 10.1. The van der Waals surface area contributed by atoms with E-state index in [4.69, 9.17) is 5.73 Å². The van der Waals surface area contributed by atoms with Crippen molar-refractivity contribution in [2.75, 3.05) is 13.1 Å². The van der Waals surface area contributed by atoms with Crippen LogP contribution in [0.25, 0.3) is 0 Å². The molecule has 0 aromatic heterocycles. The van der Waals surface area contributed by atoms with Crippen LogP contribution in [-0.4, -0.2) is 42.0 Å². The molecule has 1 fully saturated rings. The molecule has 0 heterocycles. The molecule has 0 bridgehead atoms. The van der Waals surface area contributed by atoms with Gasteiger partial charge >= 0.3 is 0 Å². The van der Waals surface area contributed by atoms with Gasteiger partial charge in [-0.25, -0.2) is 0 Å². The van der Waals surface area contributed by atoms with E-state index >= 15 is 0 Å². The highest BCUT2D eigenvalue weighted by molar-refractivity contribution is 5.80. The van der Waals surface area contributed by atoms with Crippen molar-refractivity contribution in [1.29, 1.82) is 0 Å². The summed E-state index contributed by atoms with van der Waals surface area (Å²) in [5.74, 6) is 0.385. The highest BCUT2D eigenvalue weighted by atomic mass is 16.1. The lowest BCUT2D eigenvalue weighted by Gasteiger charge is -2.29. The number of primary amides is 1. The fourth-order valence-electron chi connectivity index (χ4n) is 2.14. The number of nitrogens with one attached hydrogen (secondary N) is 1. The molecule has 0 aromatic rings. The van der Waals surface area contributed by atoms with Gasteiger partial charge in [-0.3, -0.25) is 9.69 Å². The summed E-state index contributed by atoms with van der Waals surface area (Å²) >= 11 is 0. The summed E-state index contributed by atoms with van der Waals surface area (Å²) < 4.78 is 0. The van der Waals surface area contributed by atoms with Crippen molar-refractivity contribution >= 4 is 5.91 Å². The van der Waals surface area contributed by atoms with Gasteiger partial charge in [-0.15, -0.1) is 0 Å². The van der Waals surface area contributed by atoms with Crippen LogP contribution >= 0.6 is 0 Å². The lowest BCUT2D eigenvalue weighted by molar-refractivity contribution is -0.120. The fourth-order valence-corrected chi connectivity index (χ4v) is 2.14. The SMILES string of the molecule is CC(C)CN(CC(NC(C)C)C(N)=O)C1CC1. The summed E-state index contributed by atoms with van der Waals surface area (Å²) in [5, 5.41) is 3.25. The highest BCUT2D eigenvalue weighted by Crippen LogP contribution is 2.27. The third-order valence-corrected chi connectivity index (χ3v) is 2.96. The molecule has 0 aliphatic heterocycles. The number of hydrogen-bond acceptors (Lipinski definition) is 3. The maximum absolute atomic E-state index is 11.4. The van der Waals surface area contributed by atoms with Gasteiger partial charge in [-0.1, -0.05) is 27.7 Å². The van der Waals surface area contributed by atoms with Gasteiger partial charge in [0.25, 0.3) is 0 Å². The molecular formula is C13H27N3O. The second-order valence-corrected chi connectivity index (χ2v) is 5.86. The normalized spacial score (nSPS) is 18.1. The topological polar surface area (TPSA) is 58.4 Å². The Balaban J connectivity index is 2.52. The quantitative estimate of drug-likeness (QED) is 0.665. The number of hydrogen-bond donors (Lipinski definition) is 2. The van der Waals surface area contributed by atoms with E-state index in [1.54, 1.807) is 0 Å². The van der Waals surface area contributed by atoms with Gasteiger partial charge < -0.3 is 11.1 Å². The van der Waals surface area contributed by atoms with Crippen LogP contribution in [0.15, 0.2) is 0 Å². The second kappa shape index (κ2) is 6.36. The Bertz CT molecular complexity index is 249. The lowest BCUT2D eigenvalue weighted by Crippen LogP contribution is -2.52. The third-order valence-electron chi connectivity index (χ3n) is 2.96. The van der Waals surface area contributed by atoms with Crippen molar-refractivity contribution < 1.29 is 4.79 Å². The van der Waals surface area contributed by atoms with Gasteiger partial charge in [0.05, 0.1) is 6.04 Å². The molecule has 0 saturated heterocycles. The van der Waals surface area contributed by atoms with Gasteiger partial charge in [-0.05, 0) is 18.8 Å². The van der Waals surface area contributed by atoms with E-state index < -0.39 is 0 Å². The van der Waals surface area contributed by atoms with Crippen molar-refractivity contribution in [3.05, 3.63) is 0 Å². The zero-order chi connectivity index (χ0) is 13.0. The zero-order valence-electron chi connectivity index (χ0n) is 11.6. The Labute approximate surface area is 105 Å². The summed E-state index contributed by atoms with van der Waals surface area (Å²) in [4.78, 5) is 13.8. The third kappa shape index (κ3) is 5.50. The van der Waals surface area contributed by atoms with Gasteiger partial charge in [0.1, 0.15) is 0 Å². The minimum Gasteiger partial charge on any atom is -0.368 e. The molecule has 0 spiro atoms. The van der Waals surface area contributed by atoms with Crippen molar-refractivity contribution in [3.63, 3.8) is 0 Å². The Kier molecular flexibility index (Phi) is 5.40. The molecular weight excluding hydrogens is 214 g/mol. The molecule has 1 amide bonds. The van der Waals surface area contributed by atoms with Crippen molar-refractivity contribution in [3.8, 4) is 0 Å². The van der Waals surface area contributed by atoms with E-state index in [1.165, 1.54) is 12.8 Å². The van der Waals surface area contributed by atoms with E-state index in [0.717, 1.165) is 13.1 Å². The molecule has 0 radical (unpaired) electrons. The molecule has 17 heavy (non-hydrogen) atoms. The molecule has 0 aromatic carbocycles. The summed E-state index contributed by atoms with van der Waals surface area (Å²) in [6.07, 6.45) is 2.53. The zero-order valence-corrected chi connectivity index (χ0v) is 11.6. The standard InChI is InChI=1S/C13H27N3O/c1-9(2)7-16(11-5-6-11)8-12(13(14)17)15-10(3)4/h9-12,15H,5-8H2,1-4H3,(H2,14,17). The molecule has 1 unspecified atom stereocenters. The van der Waals surface area contributed by atoms with Gasteiger partial charge in [0.15, 0.2) is 0 Å². The molecule has 3 N–H and O–H groups in total. The van der Waals surface area contributed by atoms with Crippen molar-refractivity contribution in [1.82, 2.24) is 10.2 Å². The largest absolute Gasteiger partial charge is 0.368 e. The molecule has 4 heteroatoms. The van der Waals surface area contributed by atoms with Crippen LogP contribution in [0.5, 0.6) is 0 Å². The molecule has 100 valence electrons. The van der Waals surface area contributed by atoms with Crippen LogP contribution in [0.4, 0.5) is 0 Å². The first-order valence-electron chi connectivity index (χ1n) is 6.69. The molecule has 1 atom stereocenters. The molecule has 1 saturated carbocycles. The first kappa shape index (κ1) is 14.5. The van der Waals surface area contributed by atoms with Crippen LogP contribution < -0.4 is 11.1 Å². The highest BCUT2D eigenvalue weighted by Gasteiger charge is 2.32. The Morgan fingerprint density at radius 3 is 2.24 bits per heavy atom. The van der Waals surface area contributed by atoms with Crippen LogP contribution in [0.2, 0.25) is 0 Å². The minimum absolute atomic E-state index is 0.227. The van der Waals surface area contributed by atoms with Crippen molar-refractivity contribution in [2.24, 2.45) is 11.7 Å². The summed E-state index contributed by atoms with van der Waals surface area (Å²) in [7, 11) is 0. The number of nitrogens with zero attached hydrogens (tertiary/aromatic N) is 1. The number of carbonyl (C=O) groups is 1. The van der Waals surface area contributed by atoms with Gasteiger partial charge in [0.2, 0.25) is 5.91 Å². The van der Waals surface area contributed by atoms with Crippen molar-refractivity contribution in [2.45, 2.75) is 58.7 Å². The summed E-state index contributed by atoms with van der Waals surface area (Å²) in [6.45, 7) is 10.3. The molecule has 1 rings (SSSR count). The Morgan fingerprint density at radius 1 is 1.29 bits per heavy atom. The number of nitrogens with two attached hydrogens (primary N) is 1. The predicted molar refractivity (Wildman–Crippen MR) is 70.7 cm³/mol. The maximum atomic E-state index is 11.4. The van der Waals surface area contributed by atoms with Crippen LogP contribution in [0.1, 0.15) is 40.5 Å². The number of carbonyl (C=O) groups excluding carboxylic acids is 1. The first-order valence-corrected chi connectivity index (χ1v) is 6.69. The van der Waals surface area contributed by atoms with Gasteiger partial charge in [-0.2, -0.15) is 0 Å². The average molecular weight is 241 g/mol. The maximum Gasteiger partial charge on any atom is 0.235 e. The summed E-state index contributed by atoms with van der Waals surface area (Å²) in [6, 6.07) is 0.732. The first-order chi connectivity index (χ1) is 7.90. The molecule has 1 aliphatic rings. The molecule has 1 aliphatic carbocycles. The van der Waals surface area contributed by atoms with E-state index in [9.17, 15) is 4.79 Å². The van der Waals surface area contributed by atoms with E-state index in [0.29, 0.717) is 12.0 Å². The predicted octanol–water partition coefficient (Wildman–Crippen LogP) is 0.959. The van der Waals surface area contributed by atoms with Crippen LogP contribution in [-0.2, 0) is 4.79 Å². The van der Waals surface area contributed by atoms with E-state index in [-0.39, 0.29) is 18.0 Å². The van der Waals surface area contributed by atoms with Crippen LogP contribution in [0, 0.1) is 5.92 Å².